The maximum atomic E-state index is 13.6. The summed E-state index contributed by atoms with van der Waals surface area (Å²) < 4.78 is 111. The Morgan fingerprint density at radius 2 is 1.63 bits per heavy atom. The lowest BCUT2D eigenvalue weighted by molar-refractivity contribution is -0.360. The van der Waals surface area contributed by atoms with Crippen LogP contribution in [-0.4, -0.2) is 48.7 Å². The molecule has 0 fully saturated rings. The van der Waals surface area contributed by atoms with Crippen LogP contribution in [0.15, 0.2) is 42.5 Å². The van der Waals surface area contributed by atoms with E-state index >= 15 is 0 Å². The van der Waals surface area contributed by atoms with Crippen molar-refractivity contribution in [2.75, 3.05) is 6.61 Å². The van der Waals surface area contributed by atoms with Crippen molar-refractivity contribution in [1.29, 1.82) is 0 Å². The van der Waals surface area contributed by atoms with E-state index < -0.39 is 58.1 Å². The third-order valence-electron chi connectivity index (χ3n) is 3.25. The lowest BCUT2D eigenvalue weighted by Crippen LogP contribution is -2.59. The molecule has 0 bridgehead atoms. The maximum Gasteiger partial charge on any atom is 0.468 e. The molecule has 0 aromatic heterocycles. The van der Waals surface area contributed by atoms with E-state index in [1.54, 1.807) is 0 Å². The fourth-order valence-corrected chi connectivity index (χ4v) is 1.88. The Bertz CT molecular complexity index is 898. The van der Waals surface area contributed by atoms with Crippen LogP contribution >= 0.6 is 0 Å². The first-order valence-electron chi connectivity index (χ1n) is 7.67. The number of halogens is 5. The van der Waals surface area contributed by atoms with Gasteiger partial charge < -0.3 is 18.8 Å². The summed E-state index contributed by atoms with van der Waals surface area (Å²) >= 11 is 0. The van der Waals surface area contributed by atoms with Gasteiger partial charge in [-0.3, -0.25) is 0 Å². The lowest BCUT2D eigenvalue weighted by atomic mass is 10.2. The van der Waals surface area contributed by atoms with Crippen LogP contribution in [0.25, 0.3) is 0 Å². The van der Waals surface area contributed by atoms with Gasteiger partial charge in [-0.25, -0.2) is 18.0 Å². The summed E-state index contributed by atoms with van der Waals surface area (Å²) in [6.07, 6.45) is -6.02. The summed E-state index contributed by atoms with van der Waals surface area (Å²) in [6, 6.07) is 7.09. The number of esters is 2. The van der Waals surface area contributed by atoms with Crippen molar-refractivity contribution in [2.45, 2.75) is 30.7 Å². The highest BCUT2D eigenvalue weighted by Crippen LogP contribution is 2.38. The molecule has 30 heavy (non-hydrogen) atoms. The van der Waals surface area contributed by atoms with E-state index in [9.17, 15) is 44.5 Å². The number of carbonyl (C=O) groups is 2. The van der Waals surface area contributed by atoms with Crippen LogP contribution < -0.4 is 0 Å². The van der Waals surface area contributed by atoms with Crippen LogP contribution in [-0.2, 0) is 40.5 Å². The van der Waals surface area contributed by atoms with Crippen LogP contribution in [0.1, 0.15) is 12.5 Å². The van der Waals surface area contributed by atoms with Gasteiger partial charge in [-0.1, -0.05) is 36.9 Å². The smallest absolute Gasteiger partial charge is 0.468 e. The monoisotopic (exact) mass is 461 g/mol. The molecular weight excluding hydrogens is 447 g/mol. The van der Waals surface area contributed by atoms with Crippen molar-refractivity contribution in [3.63, 3.8) is 0 Å². The van der Waals surface area contributed by atoms with E-state index in [2.05, 4.69) is 20.8 Å². The van der Waals surface area contributed by atoms with Crippen LogP contribution in [0.2, 0.25) is 0 Å². The number of hydrogen-bond donors (Lipinski definition) is 0. The zero-order valence-electron chi connectivity index (χ0n) is 15.1. The summed E-state index contributed by atoms with van der Waals surface area (Å²) in [6.45, 7) is 0.270. The van der Waals surface area contributed by atoms with Gasteiger partial charge >= 0.3 is 29.2 Å². The van der Waals surface area contributed by atoms with Crippen molar-refractivity contribution in [2.24, 2.45) is 0 Å². The Labute approximate surface area is 167 Å². The number of ether oxygens (including phenoxy) is 3. The fourth-order valence-electron chi connectivity index (χ4n) is 1.68. The molecule has 0 saturated carbocycles. The average molecular weight is 461 g/mol. The third kappa shape index (κ3) is 5.96. The lowest BCUT2D eigenvalue weighted by Gasteiger charge is -2.33. The Morgan fingerprint density at radius 3 is 2.07 bits per heavy atom. The highest BCUT2D eigenvalue weighted by Gasteiger charge is 2.69. The predicted molar refractivity (Wildman–Crippen MR) is 86.5 cm³/mol. The Hall–Kier alpha value is -2.58. The number of hydrogen-bond acceptors (Lipinski definition) is 8. The first-order valence-corrected chi connectivity index (χ1v) is 9.08. The van der Waals surface area contributed by atoms with Crippen LogP contribution in [0, 0.1) is 0 Å². The Balaban J connectivity index is 3.33. The first-order chi connectivity index (χ1) is 13.5. The molecule has 0 saturated heterocycles. The van der Waals surface area contributed by atoms with Crippen LogP contribution in [0.3, 0.4) is 0 Å². The van der Waals surface area contributed by atoms with Crippen molar-refractivity contribution in [3.05, 3.63) is 48.0 Å². The molecule has 1 aromatic carbocycles. The Morgan fingerprint density at radius 1 is 1.10 bits per heavy atom. The highest BCUT2D eigenvalue weighted by molar-refractivity contribution is 7.86. The number of rotatable bonds is 9. The van der Waals surface area contributed by atoms with Gasteiger partial charge in [0.25, 0.3) is 0 Å². The van der Waals surface area contributed by atoms with E-state index in [0.29, 0.717) is 0 Å². The molecular formula is C16H14F5O8S-. The molecule has 0 radical (unpaired) electrons. The van der Waals surface area contributed by atoms with E-state index in [1.165, 1.54) is 30.3 Å². The molecule has 1 rings (SSSR count). The molecule has 168 valence electrons. The summed E-state index contributed by atoms with van der Waals surface area (Å²) in [4.78, 5) is 23.8. The zero-order chi connectivity index (χ0) is 23.4. The number of alkyl halides is 5. The van der Waals surface area contributed by atoms with Gasteiger partial charge in [0, 0.05) is 5.57 Å². The second-order valence-electron chi connectivity index (χ2n) is 5.73. The molecule has 0 aliphatic carbocycles. The first kappa shape index (κ1) is 25.5. The van der Waals surface area contributed by atoms with Crippen molar-refractivity contribution < 1.29 is 58.7 Å². The third-order valence-corrected chi connectivity index (χ3v) is 4.10. The standard InChI is InChI=1S/C16H15F5O8S/c1-10(2)12(22)29-15(16(19,20)21,28-9-14(17,18)30(24,25)26)13(23)27-8-11-6-4-3-5-7-11/h3-7H,1,8-9H2,2H3,(H,24,25,26)/p-1. The molecule has 0 spiro atoms. The summed E-state index contributed by atoms with van der Waals surface area (Å²) in [7, 11) is -6.48. The minimum atomic E-state index is -6.48. The maximum absolute atomic E-state index is 13.6. The van der Waals surface area contributed by atoms with E-state index in [1.807, 2.05) is 0 Å². The number of benzene rings is 1. The molecule has 8 nitrogen and oxygen atoms in total. The van der Waals surface area contributed by atoms with Gasteiger partial charge in [-0.2, -0.15) is 22.0 Å². The zero-order valence-corrected chi connectivity index (χ0v) is 15.9. The molecule has 0 aliphatic heterocycles. The molecule has 1 aromatic rings. The van der Waals surface area contributed by atoms with Gasteiger partial charge in [-0.05, 0) is 12.5 Å². The number of carbonyl (C=O) groups excluding carboxylic acids is 2. The van der Waals surface area contributed by atoms with Gasteiger partial charge in [-0.15, -0.1) is 0 Å². The second-order valence-corrected chi connectivity index (χ2v) is 7.23. The van der Waals surface area contributed by atoms with Gasteiger partial charge in [0.1, 0.15) is 13.2 Å². The SMILES string of the molecule is C=C(C)C(=O)OC(OCC(F)(F)S(=O)(=O)[O-])(C(=O)OCc1ccccc1)C(F)(F)F. The predicted octanol–water partition coefficient (Wildman–Crippen LogP) is 2.26. The second kappa shape index (κ2) is 9.06. The van der Waals surface area contributed by atoms with Crippen molar-refractivity contribution in [3.8, 4) is 0 Å². The van der Waals surface area contributed by atoms with E-state index in [-0.39, 0.29) is 5.56 Å². The molecule has 0 N–H and O–H groups in total. The van der Waals surface area contributed by atoms with E-state index in [4.69, 9.17) is 0 Å². The summed E-state index contributed by atoms with van der Waals surface area (Å²) in [5.41, 5.74) is -0.521. The Kier molecular flexibility index (Phi) is 7.68. The molecule has 1 unspecified atom stereocenters. The van der Waals surface area contributed by atoms with Crippen LogP contribution in [0.5, 0.6) is 0 Å². The van der Waals surface area contributed by atoms with Gasteiger partial charge in [0.05, 0.1) is 0 Å². The normalized spacial score (nSPS) is 14.5. The summed E-state index contributed by atoms with van der Waals surface area (Å²) in [5.74, 6) is -9.18. The van der Waals surface area contributed by atoms with E-state index in [0.717, 1.165) is 6.92 Å². The van der Waals surface area contributed by atoms with Gasteiger partial charge in [0.2, 0.25) is 0 Å². The molecule has 0 amide bonds. The molecule has 0 heterocycles. The minimum Gasteiger partial charge on any atom is -0.743 e. The fraction of sp³-hybridized carbons (Fsp3) is 0.375. The molecule has 1 atom stereocenters. The summed E-state index contributed by atoms with van der Waals surface area (Å²) in [5, 5.41) is -5.39. The molecule has 0 aliphatic rings. The minimum absolute atomic E-state index is 0.167. The van der Waals surface area contributed by atoms with Gasteiger partial charge in [0.15, 0.2) is 10.1 Å². The quantitative estimate of drug-likeness (QED) is 0.181. The van der Waals surface area contributed by atoms with Crippen molar-refractivity contribution in [1.82, 2.24) is 0 Å². The average Bonchev–Trinajstić information content (AvgIpc) is 2.61. The highest BCUT2D eigenvalue weighted by atomic mass is 32.2. The topological polar surface area (TPSA) is 119 Å². The largest absolute Gasteiger partial charge is 0.743 e. The van der Waals surface area contributed by atoms with Crippen LogP contribution in [0.4, 0.5) is 22.0 Å². The van der Waals surface area contributed by atoms with Crippen molar-refractivity contribution >= 4 is 22.1 Å². The molecule has 14 heteroatoms.